The van der Waals surface area contributed by atoms with Crippen molar-refractivity contribution in [2.75, 3.05) is 11.1 Å². The molecule has 0 bridgehead atoms. The third kappa shape index (κ3) is 2.27. The molecule has 21 heavy (non-hydrogen) atoms. The number of fused-ring (bicyclic) bond motifs is 1. The number of nitrogens with one attached hydrogen (secondary N) is 2. The molecular formula is C15H14N4OS. The molecule has 0 spiro atoms. The largest absolute Gasteiger partial charge is 0.397 e. The van der Waals surface area contributed by atoms with Crippen molar-refractivity contribution in [1.82, 2.24) is 9.97 Å². The first kappa shape index (κ1) is 12.4. The molecule has 6 heteroatoms. The number of hydrogen-bond acceptors (Lipinski definition) is 4. The lowest BCUT2D eigenvalue weighted by atomic mass is 10.2. The van der Waals surface area contributed by atoms with Gasteiger partial charge in [-0.15, -0.1) is 11.3 Å². The standard InChI is InChI=1S/C15H14N4OS/c16-10-3-1-2-9-6-11(17-13(9)10)14(20)19-15-18-12(7-21-15)8-4-5-8/h1-3,6-8,17H,4-5,16H2,(H,18,19,20). The number of anilines is 2. The summed E-state index contributed by atoms with van der Waals surface area (Å²) < 4.78 is 0. The van der Waals surface area contributed by atoms with Crippen LogP contribution in [0, 0.1) is 0 Å². The summed E-state index contributed by atoms with van der Waals surface area (Å²) in [5, 5.41) is 6.44. The highest BCUT2D eigenvalue weighted by Crippen LogP contribution is 2.40. The lowest BCUT2D eigenvalue weighted by Gasteiger charge is -1.98. The zero-order valence-corrected chi connectivity index (χ0v) is 12.0. The molecule has 4 rings (SSSR count). The number of aromatic amines is 1. The van der Waals surface area contributed by atoms with Crippen molar-refractivity contribution in [3.63, 3.8) is 0 Å². The lowest BCUT2D eigenvalue weighted by molar-refractivity contribution is 0.102. The molecular weight excluding hydrogens is 284 g/mol. The van der Waals surface area contributed by atoms with Crippen LogP contribution in [0.15, 0.2) is 29.6 Å². The van der Waals surface area contributed by atoms with Gasteiger partial charge in [0, 0.05) is 16.7 Å². The van der Waals surface area contributed by atoms with Gasteiger partial charge in [-0.25, -0.2) is 4.98 Å². The van der Waals surface area contributed by atoms with Crippen molar-refractivity contribution in [2.24, 2.45) is 0 Å². The summed E-state index contributed by atoms with van der Waals surface area (Å²) in [6, 6.07) is 7.41. The van der Waals surface area contributed by atoms with Crippen LogP contribution in [-0.4, -0.2) is 15.9 Å². The van der Waals surface area contributed by atoms with Crippen LogP contribution in [0.3, 0.4) is 0 Å². The summed E-state index contributed by atoms with van der Waals surface area (Å²) in [5.41, 5.74) is 8.91. The Kier molecular flexibility index (Phi) is 2.71. The molecule has 1 aliphatic carbocycles. The lowest BCUT2D eigenvalue weighted by Crippen LogP contribution is -2.12. The van der Waals surface area contributed by atoms with Crippen molar-refractivity contribution in [3.05, 3.63) is 41.0 Å². The van der Waals surface area contributed by atoms with E-state index in [1.165, 1.54) is 24.2 Å². The fraction of sp³-hybridized carbons (Fsp3) is 0.200. The number of amides is 1. The third-order valence-corrected chi connectivity index (χ3v) is 4.45. The molecule has 0 atom stereocenters. The van der Waals surface area contributed by atoms with E-state index < -0.39 is 0 Å². The van der Waals surface area contributed by atoms with Gasteiger partial charge in [0.15, 0.2) is 5.13 Å². The summed E-state index contributed by atoms with van der Waals surface area (Å²) in [5.74, 6) is 0.405. The Morgan fingerprint density at radius 2 is 2.29 bits per heavy atom. The van der Waals surface area contributed by atoms with E-state index in [0.717, 1.165) is 16.6 Å². The fourth-order valence-electron chi connectivity index (χ4n) is 2.38. The zero-order chi connectivity index (χ0) is 14.4. The second kappa shape index (κ2) is 4.60. The van der Waals surface area contributed by atoms with Gasteiger partial charge in [-0.3, -0.25) is 10.1 Å². The Labute approximate surface area is 125 Å². The second-order valence-corrected chi connectivity index (χ2v) is 6.16. The summed E-state index contributed by atoms with van der Waals surface area (Å²) in [4.78, 5) is 19.8. The molecule has 0 saturated heterocycles. The van der Waals surface area contributed by atoms with E-state index in [1.807, 2.05) is 23.6 Å². The van der Waals surface area contributed by atoms with Crippen molar-refractivity contribution < 1.29 is 4.79 Å². The highest BCUT2D eigenvalue weighted by molar-refractivity contribution is 7.14. The van der Waals surface area contributed by atoms with Gasteiger partial charge >= 0.3 is 0 Å². The van der Waals surface area contributed by atoms with Gasteiger partial charge in [0.1, 0.15) is 5.69 Å². The molecule has 0 aliphatic heterocycles. The molecule has 1 fully saturated rings. The topological polar surface area (TPSA) is 83.8 Å². The average molecular weight is 298 g/mol. The van der Waals surface area contributed by atoms with Crippen molar-refractivity contribution in [2.45, 2.75) is 18.8 Å². The predicted octanol–water partition coefficient (Wildman–Crippen LogP) is 3.34. The number of hydrogen-bond donors (Lipinski definition) is 3. The summed E-state index contributed by atoms with van der Waals surface area (Å²) in [6.07, 6.45) is 2.41. The maximum atomic E-state index is 12.3. The van der Waals surface area contributed by atoms with Crippen LogP contribution < -0.4 is 11.1 Å². The van der Waals surface area contributed by atoms with E-state index in [2.05, 4.69) is 15.3 Å². The first-order valence-corrected chi connectivity index (χ1v) is 7.72. The zero-order valence-electron chi connectivity index (χ0n) is 11.2. The Balaban J connectivity index is 1.58. The van der Waals surface area contributed by atoms with Gasteiger partial charge in [-0.2, -0.15) is 0 Å². The van der Waals surface area contributed by atoms with Gasteiger partial charge in [0.25, 0.3) is 5.91 Å². The van der Waals surface area contributed by atoms with Crippen LogP contribution in [0.25, 0.3) is 10.9 Å². The number of nitrogens with zero attached hydrogens (tertiary/aromatic N) is 1. The predicted molar refractivity (Wildman–Crippen MR) is 84.8 cm³/mol. The number of aromatic nitrogens is 2. The third-order valence-electron chi connectivity index (χ3n) is 3.67. The fourth-order valence-corrected chi connectivity index (χ4v) is 3.16. The minimum Gasteiger partial charge on any atom is -0.397 e. The van der Waals surface area contributed by atoms with Crippen LogP contribution in [0.4, 0.5) is 10.8 Å². The first-order valence-electron chi connectivity index (χ1n) is 6.85. The van der Waals surface area contributed by atoms with Crippen LogP contribution in [0.2, 0.25) is 0 Å². The molecule has 106 valence electrons. The molecule has 1 amide bonds. The molecule has 5 nitrogen and oxygen atoms in total. The number of carbonyl (C=O) groups is 1. The van der Waals surface area contributed by atoms with Crippen LogP contribution in [0.1, 0.15) is 34.9 Å². The number of rotatable bonds is 3. The summed E-state index contributed by atoms with van der Waals surface area (Å²) >= 11 is 1.47. The van der Waals surface area contributed by atoms with Crippen LogP contribution in [0.5, 0.6) is 0 Å². The summed E-state index contributed by atoms with van der Waals surface area (Å²) in [6.45, 7) is 0. The maximum absolute atomic E-state index is 12.3. The minimum absolute atomic E-state index is 0.192. The Hall–Kier alpha value is -2.34. The number of benzene rings is 1. The Morgan fingerprint density at radius 1 is 1.43 bits per heavy atom. The maximum Gasteiger partial charge on any atom is 0.273 e. The number of carbonyl (C=O) groups excluding carboxylic acids is 1. The highest BCUT2D eigenvalue weighted by Gasteiger charge is 2.26. The van der Waals surface area contributed by atoms with Gasteiger partial charge in [-0.05, 0) is 25.0 Å². The molecule has 2 aromatic heterocycles. The Bertz CT molecular complexity index is 831. The smallest absolute Gasteiger partial charge is 0.273 e. The van der Waals surface area contributed by atoms with Crippen molar-refractivity contribution in [3.8, 4) is 0 Å². The van der Waals surface area contributed by atoms with E-state index >= 15 is 0 Å². The molecule has 1 aliphatic rings. The van der Waals surface area contributed by atoms with E-state index in [0.29, 0.717) is 22.4 Å². The number of para-hydroxylation sites is 1. The highest BCUT2D eigenvalue weighted by atomic mass is 32.1. The molecule has 3 aromatic rings. The molecule has 1 aromatic carbocycles. The summed E-state index contributed by atoms with van der Waals surface area (Å²) in [7, 11) is 0. The number of H-pyrrole nitrogens is 1. The van der Waals surface area contributed by atoms with Gasteiger partial charge < -0.3 is 10.7 Å². The van der Waals surface area contributed by atoms with E-state index in [1.54, 1.807) is 6.07 Å². The van der Waals surface area contributed by atoms with Crippen LogP contribution >= 0.6 is 11.3 Å². The number of nitrogens with two attached hydrogens (primary N) is 1. The van der Waals surface area contributed by atoms with Crippen molar-refractivity contribution >= 4 is 39.0 Å². The normalized spacial score (nSPS) is 14.5. The number of thiazole rings is 1. The van der Waals surface area contributed by atoms with E-state index in [9.17, 15) is 4.79 Å². The second-order valence-electron chi connectivity index (χ2n) is 5.30. The molecule has 4 N–H and O–H groups in total. The molecule has 2 heterocycles. The van der Waals surface area contributed by atoms with Gasteiger partial charge in [-0.1, -0.05) is 12.1 Å². The van der Waals surface area contributed by atoms with Crippen molar-refractivity contribution in [1.29, 1.82) is 0 Å². The van der Waals surface area contributed by atoms with E-state index in [4.69, 9.17) is 5.73 Å². The van der Waals surface area contributed by atoms with E-state index in [-0.39, 0.29) is 5.91 Å². The quantitative estimate of drug-likeness (QED) is 0.648. The average Bonchev–Trinajstić information content (AvgIpc) is 3.05. The van der Waals surface area contributed by atoms with Crippen LogP contribution in [-0.2, 0) is 0 Å². The SMILES string of the molecule is Nc1cccc2cc(C(=O)Nc3nc(C4CC4)cs3)[nH]c12. The Morgan fingerprint density at radius 3 is 3.05 bits per heavy atom. The monoisotopic (exact) mass is 298 g/mol. The van der Waals surface area contributed by atoms with Gasteiger partial charge in [0.05, 0.1) is 16.9 Å². The van der Waals surface area contributed by atoms with Gasteiger partial charge in [0.2, 0.25) is 0 Å². The first-order chi connectivity index (χ1) is 10.2. The molecule has 0 radical (unpaired) electrons. The molecule has 0 unspecified atom stereocenters. The molecule has 1 saturated carbocycles. The minimum atomic E-state index is -0.192. The number of nitrogen functional groups attached to an aromatic ring is 1.